The second kappa shape index (κ2) is 6.18. The van der Waals surface area contributed by atoms with E-state index < -0.39 is 5.60 Å². The van der Waals surface area contributed by atoms with E-state index in [1.54, 1.807) is 0 Å². The van der Waals surface area contributed by atoms with E-state index in [0.29, 0.717) is 0 Å². The minimum absolute atomic E-state index is 0.436. The topological polar surface area (TPSA) is 32.3 Å². The lowest BCUT2D eigenvalue weighted by molar-refractivity contribution is 0.00517. The summed E-state index contributed by atoms with van der Waals surface area (Å²) in [6.45, 7) is 1.70. The lowest BCUT2D eigenvalue weighted by Crippen LogP contribution is -2.42. The molecule has 0 radical (unpaired) electrons. The molecule has 1 fully saturated rings. The average molecular weight is 233 g/mol. The van der Waals surface area contributed by atoms with E-state index in [1.807, 2.05) is 6.07 Å². The Bertz CT molecular complexity index is 317. The average Bonchev–Trinajstić information content (AvgIpc) is 2.37. The first kappa shape index (κ1) is 12.6. The molecule has 1 aliphatic rings. The van der Waals surface area contributed by atoms with Gasteiger partial charge in [0.2, 0.25) is 0 Å². The van der Waals surface area contributed by atoms with Gasteiger partial charge in [-0.1, -0.05) is 49.6 Å². The Labute approximate surface area is 104 Å². The van der Waals surface area contributed by atoms with E-state index >= 15 is 0 Å². The quantitative estimate of drug-likeness (QED) is 0.766. The summed E-state index contributed by atoms with van der Waals surface area (Å²) in [6.07, 6.45) is 6.60. The Hall–Kier alpha value is -0.860. The fourth-order valence-corrected chi connectivity index (χ4v) is 2.59. The van der Waals surface area contributed by atoms with Crippen molar-refractivity contribution in [3.63, 3.8) is 0 Å². The molecule has 0 aliphatic heterocycles. The predicted octanol–water partition coefficient (Wildman–Crippen LogP) is 2.51. The van der Waals surface area contributed by atoms with Crippen LogP contribution >= 0.6 is 0 Å². The zero-order valence-electron chi connectivity index (χ0n) is 10.5. The van der Waals surface area contributed by atoms with Crippen LogP contribution in [0.5, 0.6) is 0 Å². The molecule has 1 aromatic rings. The largest absolute Gasteiger partial charge is 0.389 e. The van der Waals surface area contributed by atoms with Crippen molar-refractivity contribution in [2.24, 2.45) is 0 Å². The molecule has 1 saturated carbocycles. The summed E-state index contributed by atoms with van der Waals surface area (Å²) in [5.41, 5.74) is 0.921. The van der Waals surface area contributed by atoms with Crippen LogP contribution in [0.3, 0.4) is 0 Å². The van der Waals surface area contributed by atoms with Crippen LogP contribution in [-0.4, -0.2) is 23.8 Å². The van der Waals surface area contributed by atoms with Crippen LogP contribution < -0.4 is 5.32 Å². The standard InChI is InChI=1S/C15H23NO/c17-15(10-5-2-6-11-15)13-16-12-9-14-7-3-1-4-8-14/h1,3-4,7-8,16-17H,2,5-6,9-13H2. The highest BCUT2D eigenvalue weighted by atomic mass is 16.3. The molecule has 94 valence electrons. The molecule has 2 heteroatoms. The molecule has 0 unspecified atom stereocenters. The fraction of sp³-hybridized carbons (Fsp3) is 0.600. The minimum Gasteiger partial charge on any atom is -0.389 e. The van der Waals surface area contributed by atoms with E-state index in [1.165, 1.54) is 24.8 Å². The molecule has 0 heterocycles. The Morgan fingerprint density at radius 3 is 2.47 bits per heavy atom. The molecular formula is C15H23NO. The lowest BCUT2D eigenvalue weighted by Gasteiger charge is -2.32. The monoisotopic (exact) mass is 233 g/mol. The molecule has 0 saturated heterocycles. The van der Waals surface area contributed by atoms with Gasteiger partial charge in [-0.15, -0.1) is 0 Å². The molecule has 2 nitrogen and oxygen atoms in total. The second-order valence-electron chi connectivity index (χ2n) is 5.20. The summed E-state index contributed by atoms with van der Waals surface area (Å²) in [6, 6.07) is 10.5. The van der Waals surface area contributed by atoms with Gasteiger partial charge in [0.1, 0.15) is 0 Å². The number of nitrogens with one attached hydrogen (secondary N) is 1. The summed E-state index contributed by atoms with van der Waals surface area (Å²) in [4.78, 5) is 0. The van der Waals surface area contributed by atoms with Crippen LogP contribution in [0.4, 0.5) is 0 Å². The molecule has 17 heavy (non-hydrogen) atoms. The molecule has 1 aliphatic carbocycles. The first-order chi connectivity index (χ1) is 8.29. The number of hydrogen-bond acceptors (Lipinski definition) is 2. The van der Waals surface area contributed by atoms with Crippen molar-refractivity contribution in [1.82, 2.24) is 5.32 Å². The van der Waals surface area contributed by atoms with E-state index in [-0.39, 0.29) is 0 Å². The molecule has 0 bridgehead atoms. The van der Waals surface area contributed by atoms with Crippen molar-refractivity contribution in [2.45, 2.75) is 44.1 Å². The number of hydrogen-bond donors (Lipinski definition) is 2. The summed E-state index contributed by atoms with van der Waals surface area (Å²) >= 11 is 0. The highest BCUT2D eigenvalue weighted by Gasteiger charge is 2.28. The Balaban J connectivity index is 1.66. The molecular weight excluding hydrogens is 210 g/mol. The van der Waals surface area contributed by atoms with Gasteiger partial charge in [0.15, 0.2) is 0 Å². The zero-order valence-corrected chi connectivity index (χ0v) is 10.5. The number of rotatable bonds is 5. The van der Waals surface area contributed by atoms with Crippen LogP contribution in [0.25, 0.3) is 0 Å². The van der Waals surface area contributed by atoms with Crippen LogP contribution in [-0.2, 0) is 6.42 Å². The van der Waals surface area contributed by atoms with E-state index in [2.05, 4.69) is 29.6 Å². The lowest BCUT2D eigenvalue weighted by atomic mass is 9.85. The Morgan fingerprint density at radius 1 is 1.06 bits per heavy atom. The summed E-state index contributed by atoms with van der Waals surface area (Å²) in [5, 5.41) is 13.7. The van der Waals surface area contributed by atoms with Gasteiger partial charge in [-0.25, -0.2) is 0 Å². The maximum absolute atomic E-state index is 10.3. The van der Waals surface area contributed by atoms with E-state index in [9.17, 15) is 5.11 Å². The maximum atomic E-state index is 10.3. The highest BCUT2D eigenvalue weighted by Crippen LogP contribution is 2.27. The van der Waals surface area contributed by atoms with Gasteiger partial charge < -0.3 is 10.4 Å². The summed E-state index contributed by atoms with van der Waals surface area (Å²) < 4.78 is 0. The normalized spacial score (nSPS) is 19.1. The minimum atomic E-state index is -0.436. The molecule has 1 aromatic carbocycles. The van der Waals surface area contributed by atoms with Crippen molar-refractivity contribution in [3.8, 4) is 0 Å². The smallest absolute Gasteiger partial charge is 0.0771 e. The summed E-state index contributed by atoms with van der Waals surface area (Å²) in [5.74, 6) is 0. The fourth-order valence-electron chi connectivity index (χ4n) is 2.59. The van der Waals surface area contributed by atoms with Gasteiger partial charge in [0.05, 0.1) is 5.60 Å². The van der Waals surface area contributed by atoms with Crippen molar-refractivity contribution in [3.05, 3.63) is 35.9 Å². The maximum Gasteiger partial charge on any atom is 0.0771 e. The van der Waals surface area contributed by atoms with Gasteiger partial charge in [0, 0.05) is 6.54 Å². The van der Waals surface area contributed by atoms with Crippen molar-refractivity contribution < 1.29 is 5.11 Å². The Morgan fingerprint density at radius 2 is 1.76 bits per heavy atom. The van der Waals surface area contributed by atoms with Crippen molar-refractivity contribution in [2.75, 3.05) is 13.1 Å². The van der Waals surface area contributed by atoms with Crippen LogP contribution in [0.1, 0.15) is 37.7 Å². The predicted molar refractivity (Wildman–Crippen MR) is 71.1 cm³/mol. The Kier molecular flexibility index (Phi) is 4.57. The first-order valence-corrected chi connectivity index (χ1v) is 6.76. The SMILES string of the molecule is OC1(CNCCc2ccccc2)CCCCC1. The third-order valence-electron chi connectivity index (χ3n) is 3.67. The highest BCUT2D eigenvalue weighted by molar-refractivity contribution is 5.14. The number of aliphatic hydroxyl groups is 1. The second-order valence-corrected chi connectivity index (χ2v) is 5.20. The molecule has 0 amide bonds. The van der Waals surface area contributed by atoms with Crippen molar-refractivity contribution in [1.29, 1.82) is 0 Å². The van der Waals surface area contributed by atoms with Gasteiger partial charge in [-0.05, 0) is 31.4 Å². The zero-order chi connectivity index (χ0) is 12.0. The molecule has 0 spiro atoms. The molecule has 2 N–H and O–H groups in total. The van der Waals surface area contributed by atoms with Crippen molar-refractivity contribution >= 4 is 0 Å². The summed E-state index contributed by atoms with van der Waals surface area (Å²) in [7, 11) is 0. The van der Waals surface area contributed by atoms with Gasteiger partial charge in [-0.3, -0.25) is 0 Å². The van der Waals surface area contributed by atoms with E-state index in [0.717, 1.165) is 32.4 Å². The number of benzene rings is 1. The first-order valence-electron chi connectivity index (χ1n) is 6.76. The molecule has 2 rings (SSSR count). The van der Waals surface area contributed by atoms with Gasteiger partial charge >= 0.3 is 0 Å². The van der Waals surface area contributed by atoms with Gasteiger partial charge in [-0.2, -0.15) is 0 Å². The molecule has 0 atom stereocenters. The van der Waals surface area contributed by atoms with Gasteiger partial charge in [0.25, 0.3) is 0 Å². The third kappa shape index (κ3) is 4.14. The van der Waals surface area contributed by atoms with Crippen LogP contribution in [0, 0.1) is 0 Å². The van der Waals surface area contributed by atoms with Crippen LogP contribution in [0.2, 0.25) is 0 Å². The van der Waals surface area contributed by atoms with Crippen LogP contribution in [0.15, 0.2) is 30.3 Å². The third-order valence-corrected chi connectivity index (χ3v) is 3.67. The van der Waals surface area contributed by atoms with E-state index in [4.69, 9.17) is 0 Å². The molecule has 0 aromatic heterocycles.